The first-order valence-electron chi connectivity index (χ1n) is 9.94. The Balaban J connectivity index is 1.50. The SMILES string of the molecule is CC(C)Nc1ccnc(N2CCC[C@H](c3nccn3Cc3ccccn3)C2)n1. The number of nitrogens with one attached hydrogen (secondary N) is 1. The smallest absolute Gasteiger partial charge is 0.227 e. The van der Waals surface area contributed by atoms with E-state index in [0.29, 0.717) is 12.0 Å². The number of hydrogen-bond acceptors (Lipinski definition) is 6. The molecule has 1 N–H and O–H groups in total. The second kappa shape index (κ2) is 8.37. The third-order valence-electron chi connectivity index (χ3n) is 4.95. The third-order valence-corrected chi connectivity index (χ3v) is 4.95. The summed E-state index contributed by atoms with van der Waals surface area (Å²) in [7, 11) is 0. The van der Waals surface area contributed by atoms with E-state index in [2.05, 4.69) is 49.6 Å². The van der Waals surface area contributed by atoms with E-state index in [0.717, 1.165) is 55.8 Å². The molecule has 3 aromatic heterocycles. The van der Waals surface area contributed by atoms with Crippen LogP contribution in [0.3, 0.4) is 0 Å². The average molecular weight is 377 g/mol. The quantitative estimate of drug-likeness (QED) is 0.710. The predicted octanol–water partition coefficient (Wildman–Crippen LogP) is 3.32. The molecule has 4 heterocycles. The molecular formula is C21H27N7. The molecule has 7 heteroatoms. The van der Waals surface area contributed by atoms with Crippen LogP contribution in [0.5, 0.6) is 0 Å². The zero-order valence-electron chi connectivity index (χ0n) is 16.5. The molecule has 0 radical (unpaired) electrons. The van der Waals surface area contributed by atoms with E-state index in [-0.39, 0.29) is 0 Å². The maximum atomic E-state index is 4.71. The van der Waals surface area contributed by atoms with Crippen LogP contribution in [0.4, 0.5) is 11.8 Å². The van der Waals surface area contributed by atoms with E-state index in [1.807, 2.05) is 43.0 Å². The Bertz CT molecular complexity index is 891. The molecule has 0 saturated carbocycles. The topological polar surface area (TPSA) is 71.8 Å². The Kier molecular flexibility index (Phi) is 5.50. The largest absolute Gasteiger partial charge is 0.368 e. The summed E-state index contributed by atoms with van der Waals surface area (Å²) in [5.74, 6) is 3.14. The molecule has 4 rings (SSSR count). The summed E-state index contributed by atoms with van der Waals surface area (Å²) in [6.07, 6.45) is 9.84. The second-order valence-electron chi connectivity index (χ2n) is 7.56. The molecular weight excluding hydrogens is 350 g/mol. The van der Waals surface area contributed by atoms with Crippen molar-refractivity contribution in [3.63, 3.8) is 0 Å². The second-order valence-corrected chi connectivity index (χ2v) is 7.56. The summed E-state index contributed by atoms with van der Waals surface area (Å²) < 4.78 is 2.22. The summed E-state index contributed by atoms with van der Waals surface area (Å²) in [6, 6.07) is 8.29. The van der Waals surface area contributed by atoms with Gasteiger partial charge in [0.25, 0.3) is 0 Å². The van der Waals surface area contributed by atoms with Gasteiger partial charge < -0.3 is 14.8 Å². The van der Waals surface area contributed by atoms with Crippen molar-refractivity contribution in [1.82, 2.24) is 24.5 Å². The van der Waals surface area contributed by atoms with Crippen molar-refractivity contribution in [2.75, 3.05) is 23.3 Å². The van der Waals surface area contributed by atoms with Crippen LogP contribution in [0.15, 0.2) is 49.1 Å². The fourth-order valence-corrected chi connectivity index (χ4v) is 3.73. The number of aromatic nitrogens is 5. The number of pyridine rings is 1. The van der Waals surface area contributed by atoms with Crippen molar-refractivity contribution in [3.8, 4) is 0 Å². The van der Waals surface area contributed by atoms with E-state index in [9.17, 15) is 0 Å². The van der Waals surface area contributed by atoms with Crippen LogP contribution in [0.2, 0.25) is 0 Å². The molecule has 0 unspecified atom stereocenters. The first-order chi connectivity index (χ1) is 13.7. The zero-order chi connectivity index (χ0) is 19.3. The molecule has 0 bridgehead atoms. The summed E-state index contributed by atoms with van der Waals surface area (Å²) in [5.41, 5.74) is 1.05. The first-order valence-corrected chi connectivity index (χ1v) is 9.94. The van der Waals surface area contributed by atoms with E-state index in [1.165, 1.54) is 0 Å². The molecule has 1 atom stereocenters. The minimum Gasteiger partial charge on any atom is -0.368 e. The summed E-state index contributed by atoms with van der Waals surface area (Å²) in [4.78, 5) is 20.6. The molecule has 0 aliphatic carbocycles. The standard InChI is InChI=1S/C21H27N7/c1-16(2)25-19-8-10-24-21(26-19)28-12-5-6-17(14-28)20-23-11-13-27(20)15-18-7-3-4-9-22-18/h3-4,7-11,13,16-17H,5-6,12,14-15H2,1-2H3,(H,24,25,26)/t17-/m0/s1. The van der Waals surface area contributed by atoms with Gasteiger partial charge in [0.1, 0.15) is 11.6 Å². The predicted molar refractivity (Wildman–Crippen MR) is 111 cm³/mol. The summed E-state index contributed by atoms with van der Waals surface area (Å²) in [5, 5.41) is 3.36. The van der Waals surface area contributed by atoms with Gasteiger partial charge in [0.05, 0.1) is 12.2 Å². The maximum absolute atomic E-state index is 4.71. The van der Waals surface area contributed by atoms with Crippen molar-refractivity contribution >= 4 is 11.8 Å². The first kappa shape index (κ1) is 18.4. The fraction of sp³-hybridized carbons (Fsp3) is 0.429. The number of piperidine rings is 1. The highest BCUT2D eigenvalue weighted by molar-refractivity contribution is 5.42. The van der Waals surface area contributed by atoms with Crippen LogP contribution in [-0.2, 0) is 6.54 Å². The monoisotopic (exact) mass is 377 g/mol. The molecule has 0 aromatic carbocycles. The molecule has 1 fully saturated rings. The average Bonchev–Trinajstić information content (AvgIpc) is 3.17. The Morgan fingerprint density at radius 1 is 1.11 bits per heavy atom. The Hall–Kier alpha value is -2.96. The molecule has 1 saturated heterocycles. The van der Waals surface area contributed by atoms with Gasteiger partial charge in [0.2, 0.25) is 5.95 Å². The molecule has 28 heavy (non-hydrogen) atoms. The van der Waals surface area contributed by atoms with Crippen LogP contribution in [-0.4, -0.2) is 43.6 Å². The number of nitrogens with zero attached hydrogens (tertiary/aromatic N) is 6. The van der Waals surface area contributed by atoms with Crippen LogP contribution < -0.4 is 10.2 Å². The lowest BCUT2D eigenvalue weighted by molar-refractivity contribution is 0.471. The van der Waals surface area contributed by atoms with E-state index >= 15 is 0 Å². The van der Waals surface area contributed by atoms with Crippen molar-refractivity contribution in [2.24, 2.45) is 0 Å². The normalized spacial score (nSPS) is 17.1. The molecule has 0 amide bonds. The van der Waals surface area contributed by atoms with Crippen LogP contribution >= 0.6 is 0 Å². The van der Waals surface area contributed by atoms with Crippen molar-refractivity contribution in [3.05, 3.63) is 60.6 Å². The van der Waals surface area contributed by atoms with Gasteiger partial charge in [-0.25, -0.2) is 9.97 Å². The van der Waals surface area contributed by atoms with Crippen LogP contribution in [0.25, 0.3) is 0 Å². The van der Waals surface area contributed by atoms with Gasteiger partial charge in [-0.1, -0.05) is 6.07 Å². The van der Waals surface area contributed by atoms with Gasteiger partial charge in [-0.05, 0) is 44.9 Å². The van der Waals surface area contributed by atoms with E-state index < -0.39 is 0 Å². The summed E-state index contributed by atoms with van der Waals surface area (Å²) >= 11 is 0. The Labute approximate surface area is 165 Å². The highest BCUT2D eigenvalue weighted by Crippen LogP contribution is 2.28. The van der Waals surface area contributed by atoms with Crippen molar-refractivity contribution < 1.29 is 0 Å². The van der Waals surface area contributed by atoms with Gasteiger partial charge >= 0.3 is 0 Å². The minimum atomic E-state index is 0.343. The van der Waals surface area contributed by atoms with Crippen LogP contribution in [0.1, 0.15) is 44.1 Å². The van der Waals surface area contributed by atoms with Crippen molar-refractivity contribution in [1.29, 1.82) is 0 Å². The summed E-state index contributed by atoms with van der Waals surface area (Å²) in [6.45, 7) is 6.82. The number of imidazole rings is 1. The van der Waals surface area contributed by atoms with Gasteiger partial charge in [-0.15, -0.1) is 0 Å². The number of hydrogen-bond donors (Lipinski definition) is 1. The maximum Gasteiger partial charge on any atom is 0.227 e. The zero-order valence-corrected chi connectivity index (χ0v) is 16.5. The number of anilines is 2. The molecule has 146 valence electrons. The molecule has 7 nitrogen and oxygen atoms in total. The highest BCUT2D eigenvalue weighted by atomic mass is 15.3. The molecule has 0 spiro atoms. The van der Waals surface area contributed by atoms with Crippen molar-refractivity contribution in [2.45, 2.75) is 45.2 Å². The molecule has 1 aliphatic heterocycles. The van der Waals surface area contributed by atoms with E-state index in [1.54, 1.807) is 0 Å². The van der Waals surface area contributed by atoms with E-state index in [4.69, 9.17) is 4.98 Å². The van der Waals surface area contributed by atoms with Crippen LogP contribution in [0, 0.1) is 0 Å². The van der Waals surface area contributed by atoms with Gasteiger partial charge in [0.15, 0.2) is 0 Å². The van der Waals surface area contributed by atoms with Gasteiger partial charge in [0, 0.05) is 49.8 Å². The minimum absolute atomic E-state index is 0.343. The highest BCUT2D eigenvalue weighted by Gasteiger charge is 2.26. The lowest BCUT2D eigenvalue weighted by Gasteiger charge is -2.32. The lowest BCUT2D eigenvalue weighted by Crippen LogP contribution is -2.36. The fourth-order valence-electron chi connectivity index (χ4n) is 3.73. The Morgan fingerprint density at radius 2 is 2.04 bits per heavy atom. The molecule has 1 aliphatic rings. The molecule has 3 aromatic rings. The van der Waals surface area contributed by atoms with Gasteiger partial charge in [-0.3, -0.25) is 4.98 Å². The Morgan fingerprint density at radius 3 is 2.86 bits per heavy atom. The lowest BCUT2D eigenvalue weighted by atomic mass is 9.97. The number of rotatable bonds is 6. The third kappa shape index (κ3) is 4.30. The van der Waals surface area contributed by atoms with Gasteiger partial charge in [-0.2, -0.15) is 4.98 Å².